The van der Waals surface area contributed by atoms with E-state index in [0.29, 0.717) is 11.8 Å². The standard InChI is InChI=1S/C29H32N4OS/c1-20-8-6-11-25(21(20)2)31-28(34)24-15-13-23(14-16-24)19-35-29-32-26-12-7-17-30-27(26)33(29)18-22-9-4-3-5-10-22/h3-5,7,9-10,12-17,20-21,25H,6,8,11,18-19H2,1-2H3,(H,31,34)/t20-,21+,25+/m1/s1. The Hall–Kier alpha value is -3.12. The van der Waals surface area contributed by atoms with Crippen molar-refractivity contribution < 1.29 is 4.79 Å². The lowest BCUT2D eigenvalue weighted by Gasteiger charge is -2.34. The molecular formula is C29H32N4OS. The van der Waals surface area contributed by atoms with E-state index in [2.05, 4.69) is 65.1 Å². The molecule has 0 unspecified atom stereocenters. The first kappa shape index (κ1) is 23.6. The summed E-state index contributed by atoms with van der Waals surface area (Å²) in [4.78, 5) is 22.3. The van der Waals surface area contributed by atoms with Crippen LogP contribution in [0.4, 0.5) is 0 Å². The van der Waals surface area contributed by atoms with E-state index in [-0.39, 0.29) is 11.9 Å². The SMILES string of the molecule is C[C@H]1[C@H](C)CCC[C@@H]1NC(=O)c1ccc(CSc2nc3cccnc3n2Cc2ccccc2)cc1. The Bertz CT molecular complexity index is 1290. The number of fused-ring (bicyclic) bond motifs is 1. The molecule has 2 aromatic heterocycles. The molecule has 5 rings (SSSR count). The maximum atomic E-state index is 12.8. The number of hydrogen-bond donors (Lipinski definition) is 1. The Balaban J connectivity index is 1.26. The molecule has 0 aliphatic heterocycles. The first-order chi connectivity index (χ1) is 17.1. The molecule has 0 radical (unpaired) electrons. The Kier molecular flexibility index (Phi) is 7.19. The van der Waals surface area contributed by atoms with Gasteiger partial charge in [-0.2, -0.15) is 0 Å². The van der Waals surface area contributed by atoms with E-state index in [1.165, 1.54) is 18.4 Å². The van der Waals surface area contributed by atoms with Crippen molar-refractivity contribution in [1.29, 1.82) is 0 Å². The number of thioether (sulfide) groups is 1. The second-order valence-corrected chi connectivity index (χ2v) is 10.6. The second-order valence-electron chi connectivity index (χ2n) is 9.65. The fourth-order valence-electron chi connectivity index (χ4n) is 4.89. The first-order valence-corrected chi connectivity index (χ1v) is 13.4. The maximum Gasteiger partial charge on any atom is 0.251 e. The Morgan fingerprint density at radius 1 is 1.00 bits per heavy atom. The van der Waals surface area contributed by atoms with Gasteiger partial charge in [0.1, 0.15) is 5.52 Å². The molecule has 0 bridgehead atoms. The van der Waals surface area contributed by atoms with E-state index in [1.54, 1.807) is 11.8 Å². The van der Waals surface area contributed by atoms with Crippen LogP contribution in [0.25, 0.3) is 11.2 Å². The minimum atomic E-state index is 0.0332. The number of hydrogen-bond acceptors (Lipinski definition) is 4. The smallest absolute Gasteiger partial charge is 0.251 e. The second kappa shape index (κ2) is 10.6. The van der Waals surface area contributed by atoms with Crippen molar-refractivity contribution in [3.05, 3.63) is 89.6 Å². The molecule has 0 saturated heterocycles. The highest BCUT2D eigenvalue weighted by Crippen LogP contribution is 2.30. The molecule has 1 N–H and O–H groups in total. The van der Waals surface area contributed by atoms with Gasteiger partial charge in [-0.15, -0.1) is 0 Å². The molecule has 1 aliphatic rings. The van der Waals surface area contributed by atoms with Crippen molar-refractivity contribution in [2.75, 3.05) is 0 Å². The van der Waals surface area contributed by atoms with E-state index in [4.69, 9.17) is 4.98 Å². The summed E-state index contributed by atoms with van der Waals surface area (Å²) in [6, 6.07) is 22.6. The molecule has 5 nitrogen and oxygen atoms in total. The van der Waals surface area contributed by atoms with Crippen molar-refractivity contribution in [3.8, 4) is 0 Å². The average Bonchev–Trinajstić information content (AvgIpc) is 3.23. The number of carbonyl (C=O) groups is 1. The average molecular weight is 485 g/mol. The molecule has 1 aliphatic carbocycles. The number of rotatable bonds is 7. The molecule has 4 aromatic rings. The Morgan fingerprint density at radius 3 is 2.60 bits per heavy atom. The maximum absolute atomic E-state index is 12.8. The van der Waals surface area contributed by atoms with Crippen LogP contribution in [0.5, 0.6) is 0 Å². The molecule has 2 heterocycles. The summed E-state index contributed by atoms with van der Waals surface area (Å²) in [5.41, 5.74) is 4.92. The summed E-state index contributed by atoms with van der Waals surface area (Å²) >= 11 is 1.70. The highest BCUT2D eigenvalue weighted by molar-refractivity contribution is 7.98. The van der Waals surface area contributed by atoms with Crippen LogP contribution in [-0.4, -0.2) is 26.5 Å². The van der Waals surface area contributed by atoms with Gasteiger partial charge in [0.05, 0.1) is 6.54 Å². The third-order valence-electron chi connectivity index (χ3n) is 7.26. The zero-order valence-electron chi connectivity index (χ0n) is 20.4. The summed E-state index contributed by atoms with van der Waals surface area (Å²) in [5, 5.41) is 4.22. The topological polar surface area (TPSA) is 59.8 Å². The number of nitrogens with one attached hydrogen (secondary N) is 1. The zero-order chi connectivity index (χ0) is 24.2. The number of pyridine rings is 1. The van der Waals surface area contributed by atoms with Gasteiger partial charge in [-0.1, -0.05) is 80.9 Å². The summed E-state index contributed by atoms with van der Waals surface area (Å²) in [6.07, 6.45) is 5.34. The zero-order valence-corrected chi connectivity index (χ0v) is 21.2. The molecule has 1 fully saturated rings. The molecule has 1 amide bonds. The number of imidazole rings is 1. The monoisotopic (exact) mass is 484 g/mol. The van der Waals surface area contributed by atoms with Gasteiger partial charge in [-0.05, 0) is 53.6 Å². The van der Waals surface area contributed by atoms with Crippen LogP contribution in [0.2, 0.25) is 0 Å². The molecule has 3 atom stereocenters. The molecule has 2 aromatic carbocycles. The van der Waals surface area contributed by atoms with Crippen molar-refractivity contribution >= 4 is 28.8 Å². The lowest BCUT2D eigenvalue weighted by molar-refractivity contribution is 0.0891. The highest BCUT2D eigenvalue weighted by Gasteiger charge is 2.28. The van der Waals surface area contributed by atoms with E-state index in [0.717, 1.165) is 46.2 Å². The van der Waals surface area contributed by atoms with Gasteiger partial charge in [-0.25, -0.2) is 9.97 Å². The van der Waals surface area contributed by atoms with Crippen LogP contribution in [0.3, 0.4) is 0 Å². The molecular weight excluding hydrogens is 452 g/mol. The quantitative estimate of drug-likeness (QED) is 0.312. The first-order valence-electron chi connectivity index (χ1n) is 12.5. The largest absolute Gasteiger partial charge is 0.349 e. The lowest BCUT2D eigenvalue weighted by Crippen LogP contribution is -2.43. The van der Waals surface area contributed by atoms with E-state index < -0.39 is 0 Å². The molecule has 35 heavy (non-hydrogen) atoms. The third kappa shape index (κ3) is 5.43. The van der Waals surface area contributed by atoms with Crippen LogP contribution in [0.15, 0.2) is 78.1 Å². The lowest BCUT2D eigenvalue weighted by atomic mass is 9.78. The Morgan fingerprint density at radius 2 is 1.80 bits per heavy atom. The summed E-state index contributed by atoms with van der Waals surface area (Å²) in [6.45, 7) is 5.28. The van der Waals surface area contributed by atoms with Crippen LogP contribution in [0, 0.1) is 11.8 Å². The fraction of sp³-hybridized carbons (Fsp3) is 0.345. The minimum absolute atomic E-state index is 0.0332. The normalized spacial score (nSPS) is 20.1. The number of aromatic nitrogens is 3. The van der Waals surface area contributed by atoms with Gasteiger partial charge in [0.25, 0.3) is 5.91 Å². The van der Waals surface area contributed by atoms with Gasteiger partial charge in [-0.3, -0.25) is 9.36 Å². The number of nitrogens with zero attached hydrogens (tertiary/aromatic N) is 3. The minimum Gasteiger partial charge on any atom is -0.349 e. The van der Waals surface area contributed by atoms with Gasteiger partial charge in [0.2, 0.25) is 0 Å². The molecule has 0 spiro atoms. The molecule has 6 heteroatoms. The van der Waals surface area contributed by atoms with Crippen LogP contribution >= 0.6 is 11.8 Å². The number of benzene rings is 2. The van der Waals surface area contributed by atoms with Gasteiger partial charge >= 0.3 is 0 Å². The van der Waals surface area contributed by atoms with Gasteiger partial charge in [0, 0.05) is 23.6 Å². The predicted octanol–water partition coefficient (Wildman–Crippen LogP) is 6.33. The van der Waals surface area contributed by atoms with E-state index in [1.807, 2.05) is 36.5 Å². The fourth-order valence-corrected chi connectivity index (χ4v) is 5.85. The van der Waals surface area contributed by atoms with Crippen LogP contribution < -0.4 is 5.32 Å². The summed E-state index contributed by atoms with van der Waals surface area (Å²) < 4.78 is 2.18. The van der Waals surface area contributed by atoms with Crippen molar-refractivity contribution in [2.45, 2.75) is 56.6 Å². The predicted molar refractivity (Wildman–Crippen MR) is 143 cm³/mol. The molecule has 1 saturated carbocycles. The van der Waals surface area contributed by atoms with Crippen LogP contribution in [-0.2, 0) is 12.3 Å². The number of amides is 1. The van der Waals surface area contributed by atoms with Gasteiger partial charge < -0.3 is 5.32 Å². The van der Waals surface area contributed by atoms with Crippen molar-refractivity contribution in [3.63, 3.8) is 0 Å². The van der Waals surface area contributed by atoms with Gasteiger partial charge in [0.15, 0.2) is 10.8 Å². The summed E-state index contributed by atoms with van der Waals surface area (Å²) in [7, 11) is 0. The highest BCUT2D eigenvalue weighted by atomic mass is 32.2. The molecule has 180 valence electrons. The van der Waals surface area contributed by atoms with Crippen molar-refractivity contribution in [1.82, 2.24) is 19.9 Å². The van der Waals surface area contributed by atoms with Crippen molar-refractivity contribution in [2.24, 2.45) is 11.8 Å². The van der Waals surface area contributed by atoms with Crippen LogP contribution in [0.1, 0.15) is 54.6 Å². The third-order valence-corrected chi connectivity index (χ3v) is 8.31. The van der Waals surface area contributed by atoms with E-state index in [9.17, 15) is 4.79 Å². The Labute approximate surface area is 211 Å². The summed E-state index contributed by atoms with van der Waals surface area (Å²) in [5.74, 6) is 1.99. The number of carbonyl (C=O) groups excluding carboxylic acids is 1. The van der Waals surface area contributed by atoms with E-state index >= 15 is 0 Å².